The first-order valence-corrected chi connectivity index (χ1v) is 16.5. The lowest BCUT2D eigenvalue weighted by Crippen LogP contribution is -2.54. The van der Waals surface area contributed by atoms with Crippen molar-refractivity contribution in [2.75, 3.05) is 19.6 Å². The molecule has 0 aromatic heterocycles. The van der Waals surface area contributed by atoms with Crippen LogP contribution in [0, 0.1) is 5.92 Å². The summed E-state index contributed by atoms with van der Waals surface area (Å²) in [6, 6.07) is -0.380. The number of amides is 2. The third-order valence-corrected chi connectivity index (χ3v) is 8.04. The monoisotopic (exact) mass is 549 g/mol. The number of hydrogen-bond donors (Lipinski definition) is 4. The van der Waals surface area contributed by atoms with E-state index in [4.69, 9.17) is 5.73 Å². The third-order valence-electron chi connectivity index (χ3n) is 8.04. The van der Waals surface area contributed by atoms with Crippen molar-refractivity contribution in [3.63, 3.8) is 0 Å². The van der Waals surface area contributed by atoms with Crippen molar-refractivity contribution in [2.24, 2.45) is 16.6 Å². The van der Waals surface area contributed by atoms with Crippen molar-refractivity contribution in [1.82, 2.24) is 16.0 Å². The molecule has 0 radical (unpaired) electrons. The molecule has 0 spiro atoms. The summed E-state index contributed by atoms with van der Waals surface area (Å²) in [5.74, 6) is 0.384. The van der Waals surface area contributed by atoms with E-state index in [1.165, 1.54) is 76.3 Å². The Morgan fingerprint density at radius 2 is 1.46 bits per heavy atom. The highest BCUT2D eigenvalue weighted by Gasteiger charge is 2.23. The van der Waals surface area contributed by atoms with Gasteiger partial charge in [-0.05, 0) is 31.6 Å². The number of nitrogens with two attached hydrogens (primary N) is 1. The zero-order chi connectivity index (χ0) is 28.7. The van der Waals surface area contributed by atoms with Crippen molar-refractivity contribution in [3.8, 4) is 0 Å². The predicted octanol–water partition coefficient (Wildman–Crippen LogP) is 6.05. The summed E-state index contributed by atoms with van der Waals surface area (Å²) in [4.78, 5) is 30.2. The predicted molar refractivity (Wildman–Crippen MR) is 166 cm³/mol. The SMILES string of the molecule is CCCCCCCCCCCCCCCC(=O)NC(CNC(CC)C(=O)NC(CN)C(C)C)CC1=NCCC1. The summed E-state index contributed by atoms with van der Waals surface area (Å²) in [5, 5.41) is 9.74. The van der Waals surface area contributed by atoms with Crippen LogP contribution in [0.4, 0.5) is 0 Å². The van der Waals surface area contributed by atoms with Crippen LogP contribution in [0.25, 0.3) is 0 Å². The summed E-state index contributed by atoms with van der Waals surface area (Å²) in [7, 11) is 0. The van der Waals surface area contributed by atoms with Crippen LogP contribution in [0.2, 0.25) is 0 Å². The maximum absolute atomic E-state index is 12.8. The second-order valence-electron chi connectivity index (χ2n) is 12.0. The molecule has 2 amide bonds. The van der Waals surface area contributed by atoms with Crippen LogP contribution in [0.15, 0.2) is 4.99 Å². The van der Waals surface area contributed by atoms with E-state index < -0.39 is 0 Å². The minimum Gasteiger partial charge on any atom is -0.352 e. The molecule has 1 heterocycles. The molecular formula is C32H63N5O2. The fraction of sp³-hybridized carbons (Fsp3) is 0.906. The Hall–Kier alpha value is -1.47. The highest BCUT2D eigenvalue weighted by molar-refractivity contribution is 5.87. The highest BCUT2D eigenvalue weighted by Crippen LogP contribution is 2.14. The molecule has 1 aliphatic heterocycles. The van der Waals surface area contributed by atoms with Gasteiger partial charge in [-0.15, -0.1) is 0 Å². The molecule has 228 valence electrons. The summed E-state index contributed by atoms with van der Waals surface area (Å²) in [6.07, 6.45) is 21.1. The van der Waals surface area contributed by atoms with Crippen LogP contribution >= 0.6 is 0 Å². The number of hydrogen-bond acceptors (Lipinski definition) is 5. The Labute approximate surface area is 240 Å². The van der Waals surface area contributed by atoms with Gasteiger partial charge in [0.05, 0.1) is 6.04 Å². The molecule has 39 heavy (non-hydrogen) atoms. The van der Waals surface area contributed by atoms with E-state index in [1.54, 1.807) is 0 Å². The van der Waals surface area contributed by atoms with Crippen molar-refractivity contribution in [1.29, 1.82) is 0 Å². The molecule has 5 N–H and O–H groups in total. The fourth-order valence-corrected chi connectivity index (χ4v) is 5.32. The zero-order valence-corrected chi connectivity index (χ0v) is 26.0. The molecule has 7 nitrogen and oxygen atoms in total. The topological polar surface area (TPSA) is 109 Å². The van der Waals surface area contributed by atoms with Gasteiger partial charge in [-0.1, -0.05) is 105 Å². The third kappa shape index (κ3) is 17.8. The molecule has 0 aromatic carbocycles. The lowest BCUT2D eigenvalue weighted by Gasteiger charge is -2.26. The Morgan fingerprint density at radius 1 is 0.872 bits per heavy atom. The Bertz CT molecular complexity index is 667. The standard InChI is InChI=1S/C32H63N5O2/c1-5-7-8-9-10-11-12-13-14-15-16-17-18-21-31(38)36-28(23-27-20-19-22-34-27)25-35-29(6-2)32(39)37-30(24-33)26(3)4/h26,28-30,35H,5-25,33H2,1-4H3,(H,36,38)(H,37,39). The minimum atomic E-state index is -0.302. The summed E-state index contributed by atoms with van der Waals surface area (Å²) < 4.78 is 0. The second-order valence-corrected chi connectivity index (χ2v) is 12.0. The molecule has 1 rings (SSSR count). The van der Waals surface area contributed by atoms with E-state index in [9.17, 15) is 9.59 Å². The van der Waals surface area contributed by atoms with Crippen molar-refractivity contribution < 1.29 is 9.59 Å². The number of unbranched alkanes of at least 4 members (excludes halogenated alkanes) is 12. The summed E-state index contributed by atoms with van der Waals surface area (Å²) >= 11 is 0. The van der Waals surface area contributed by atoms with Gasteiger partial charge in [0.2, 0.25) is 11.8 Å². The Morgan fingerprint density at radius 3 is 1.95 bits per heavy atom. The average molecular weight is 550 g/mol. The van der Waals surface area contributed by atoms with Crippen molar-refractivity contribution in [3.05, 3.63) is 0 Å². The van der Waals surface area contributed by atoms with Gasteiger partial charge in [0.25, 0.3) is 0 Å². The molecule has 1 aliphatic rings. The van der Waals surface area contributed by atoms with E-state index in [0.29, 0.717) is 25.9 Å². The van der Waals surface area contributed by atoms with E-state index in [0.717, 1.165) is 38.6 Å². The van der Waals surface area contributed by atoms with Gasteiger partial charge >= 0.3 is 0 Å². The lowest BCUT2D eigenvalue weighted by molar-refractivity contribution is -0.124. The van der Waals surface area contributed by atoms with Gasteiger partial charge in [0.1, 0.15) is 0 Å². The normalized spacial score (nSPS) is 15.7. The molecule has 3 unspecified atom stereocenters. The second kappa shape index (κ2) is 23.3. The Kier molecular flexibility index (Phi) is 21.2. The van der Waals surface area contributed by atoms with Gasteiger partial charge in [0.15, 0.2) is 0 Å². The van der Waals surface area contributed by atoms with Gasteiger partial charge in [-0.3, -0.25) is 14.6 Å². The molecule has 3 atom stereocenters. The molecule has 0 saturated heterocycles. The van der Waals surface area contributed by atoms with Gasteiger partial charge in [0, 0.05) is 50.3 Å². The smallest absolute Gasteiger partial charge is 0.237 e. The minimum absolute atomic E-state index is 0.0168. The van der Waals surface area contributed by atoms with Crippen LogP contribution in [0.1, 0.15) is 143 Å². The fourth-order valence-electron chi connectivity index (χ4n) is 5.32. The molecular weight excluding hydrogens is 486 g/mol. The number of carbonyl (C=O) groups excluding carboxylic acids is 2. The van der Waals surface area contributed by atoms with Gasteiger partial charge in [-0.25, -0.2) is 0 Å². The number of aliphatic imine (C=N–C) groups is 1. The van der Waals surface area contributed by atoms with E-state index in [-0.39, 0.29) is 35.9 Å². The zero-order valence-electron chi connectivity index (χ0n) is 26.0. The maximum atomic E-state index is 12.8. The highest BCUT2D eigenvalue weighted by atomic mass is 16.2. The molecule has 0 aliphatic carbocycles. The Balaban J connectivity index is 2.32. The van der Waals surface area contributed by atoms with Crippen LogP contribution in [-0.4, -0.2) is 55.3 Å². The van der Waals surface area contributed by atoms with E-state index in [1.807, 2.05) is 6.92 Å². The number of nitrogens with one attached hydrogen (secondary N) is 3. The van der Waals surface area contributed by atoms with Crippen LogP contribution in [-0.2, 0) is 9.59 Å². The van der Waals surface area contributed by atoms with Crippen LogP contribution in [0.3, 0.4) is 0 Å². The average Bonchev–Trinajstić information content (AvgIpc) is 3.43. The van der Waals surface area contributed by atoms with Gasteiger partial charge in [-0.2, -0.15) is 0 Å². The van der Waals surface area contributed by atoms with Crippen molar-refractivity contribution in [2.45, 2.75) is 161 Å². The largest absolute Gasteiger partial charge is 0.352 e. The molecule has 0 fully saturated rings. The lowest BCUT2D eigenvalue weighted by atomic mass is 10.0. The maximum Gasteiger partial charge on any atom is 0.237 e. The molecule has 0 aromatic rings. The van der Waals surface area contributed by atoms with Gasteiger partial charge < -0.3 is 21.7 Å². The van der Waals surface area contributed by atoms with Crippen molar-refractivity contribution >= 4 is 17.5 Å². The first kappa shape index (κ1) is 35.6. The first-order chi connectivity index (χ1) is 18.9. The number of carbonyl (C=O) groups is 2. The molecule has 0 bridgehead atoms. The quantitative estimate of drug-likeness (QED) is 0.104. The molecule has 7 heteroatoms. The summed E-state index contributed by atoms with van der Waals surface area (Å²) in [5.41, 5.74) is 7.03. The number of nitrogens with zero attached hydrogens (tertiary/aromatic N) is 1. The van der Waals surface area contributed by atoms with E-state index in [2.05, 4.69) is 41.7 Å². The summed E-state index contributed by atoms with van der Waals surface area (Å²) in [6.45, 7) is 10.3. The molecule has 0 saturated carbocycles. The number of rotatable bonds is 25. The van der Waals surface area contributed by atoms with Crippen LogP contribution < -0.4 is 21.7 Å². The van der Waals surface area contributed by atoms with E-state index >= 15 is 0 Å². The first-order valence-electron chi connectivity index (χ1n) is 16.5. The van der Waals surface area contributed by atoms with Crippen LogP contribution in [0.5, 0.6) is 0 Å².